The fourth-order valence-corrected chi connectivity index (χ4v) is 2.80. The van der Waals surface area contributed by atoms with Gasteiger partial charge in [0.25, 0.3) is 0 Å². The summed E-state index contributed by atoms with van der Waals surface area (Å²) in [6.45, 7) is 3.46. The molecule has 0 radical (unpaired) electrons. The molecule has 4 atom stereocenters. The number of piperidine rings is 1. The minimum Gasteiger partial charge on any atom is -0.480 e. The number of amides is 2. The second-order valence-electron chi connectivity index (χ2n) is 5.57. The van der Waals surface area contributed by atoms with Crippen LogP contribution in [0.3, 0.4) is 0 Å². The predicted octanol–water partition coefficient (Wildman–Crippen LogP) is 0.353. The largest absolute Gasteiger partial charge is 0.480 e. The van der Waals surface area contributed by atoms with Crippen molar-refractivity contribution in [2.45, 2.75) is 44.8 Å². The Labute approximate surface area is 110 Å². The zero-order valence-corrected chi connectivity index (χ0v) is 10.9. The number of fused-ring (bicyclic) bond motifs is 1. The van der Waals surface area contributed by atoms with Gasteiger partial charge in [-0.1, -0.05) is 13.8 Å². The standard InChI is InChI=1S/C12H18N2O5/c1-5(2)9(13-12(18)19)10(15)14-7-3-6(7)4-8(14)11(16)17/h5-9,13H,3-4H2,1-2H3,(H,16,17)(H,18,19)/t6?,7?,8-,9-/m0/s1. The Morgan fingerprint density at radius 2 is 1.84 bits per heavy atom. The van der Waals surface area contributed by atoms with Crippen molar-refractivity contribution in [3.63, 3.8) is 0 Å². The fraction of sp³-hybridized carbons (Fsp3) is 0.750. The molecule has 7 heteroatoms. The van der Waals surface area contributed by atoms with Crippen molar-refractivity contribution in [3.8, 4) is 0 Å². The van der Waals surface area contributed by atoms with E-state index in [4.69, 9.17) is 10.2 Å². The Balaban J connectivity index is 2.16. The number of carbonyl (C=O) groups excluding carboxylic acids is 1. The average Bonchev–Trinajstić information content (AvgIpc) is 2.95. The van der Waals surface area contributed by atoms with Crippen LogP contribution in [0.15, 0.2) is 0 Å². The van der Waals surface area contributed by atoms with Crippen LogP contribution >= 0.6 is 0 Å². The van der Waals surface area contributed by atoms with Crippen LogP contribution < -0.4 is 5.32 Å². The first-order chi connectivity index (χ1) is 8.82. The third-order valence-corrected chi connectivity index (χ3v) is 3.86. The molecule has 0 aromatic rings. The molecule has 106 valence electrons. The van der Waals surface area contributed by atoms with E-state index in [1.54, 1.807) is 13.8 Å². The summed E-state index contributed by atoms with van der Waals surface area (Å²) in [4.78, 5) is 35.7. The predicted molar refractivity (Wildman–Crippen MR) is 64.6 cm³/mol. The van der Waals surface area contributed by atoms with E-state index in [9.17, 15) is 14.4 Å². The lowest BCUT2D eigenvalue weighted by Crippen LogP contribution is -2.54. The molecule has 2 aliphatic rings. The van der Waals surface area contributed by atoms with Crippen LogP contribution in [-0.2, 0) is 9.59 Å². The molecule has 1 aliphatic heterocycles. The van der Waals surface area contributed by atoms with E-state index < -0.39 is 30.1 Å². The van der Waals surface area contributed by atoms with Crippen LogP contribution in [0.25, 0.3) is 0 Å². The van der Waals surface area contributed by atoms with Crippen molar-refractivity contribution in [1.29, 1.82) is 0 Å². The second-order valence-corrected chi connectivity index (χ2v) is 5.57. The zero-order valence-electron chi connectivity index (χ0n) is 10.9. The number of hydrogen-bond acceptors (Lipinski definition) is 3. The molecule has 0 aromatic heterocycles. The number of likely N-dealkylation sites (tertiary alicyclic amines) is 1. The molecule has 2 rings (SSSR count). The molecule has 7 nitrogen and oxygen atoms in total. The Bertz CT molecular complexity index is 422. The van der Waals surface area contributed by atoms with Gasteiger partial charge in [0.05, 0.1) is 0 Å². The monoisotopic (exact) mass is 270 g/mol. The van der Waals surface area contributed by atoms with Gasteiger partial charge in [-0.25, -0.2) is 9.59 Å². The average molecular weight is 270 g/mol. The van der Waals surface area contributed by atoms with E-state index in [1.807, 2.05) is 0 Å². The highest BCUT2D eigenvalue weighted by atomic mass is 16.4. The number of carboxylic acid groups (broad SMARTS) is 2. The first kappa shape index (κ1) is 13.6. The lowest BCUT2D eigenvalue weighted by Gasteiger charge is -2.30. The van der Waals surface area contributed by atoms with Gasteiger partial charge in [-0.2, -0.15) is 0 Å². The van der Waals surface area contributed by atoms with Gasteiger partial charge >= 0.3 is 12.1 Å². The Morgan fingerprint density at radius 3 is 2.32 bits per heavy atom. The summed E-state index contributed by atoms with van der Waals surface area (Å²) < 4.78 is 0. The van der Waals surface area contributed by atoms with Gasteiger partial charge in [-0.3, -0.25) is 4.79 Å². The molecule has 1 saturated carbocycles. The molecule has 19 heavy (non-hydrogen) atoms. The summed E-state index contributed by atoms with van der Waals surface area (Å²) in [7, 11) is 0. The van der Waals surface area contributed by atoms with E-state index in [-0.39, 0.29) is 17.9 Å². The first-order valence-electron chi connectivity index (χ1n) is 6.37. The molecule has 0 bridgehead atoms. The highest BCUT2D eigenvalue weighted by Crippen LogP contribution is 2.48. The molecular weight excluding hydrogens is 252 g/mol. The Hall–Kier alpha value is -1.79. The Kier molecular flexibility index (Phi) is 3.38. The third kappa shape index (κ3) is 2.50. The molecule has 2 fully saturated rings. The van der Waals surface area contributed by atoms with Crippen LogP contribution in [0.5, 0.6) is 0 Å². The SMILES string of the molecule is CC(C)[C@H](NC(=O)O)C(=O)N1C2CC2C[C@H]1C(=O)O. The van der Waals surface area contributed by atoms with E-state index >= 15 is 0 Å². The minimum atomic E-state index is -1.27. The van der Waals surface area contributed by atoms with Gasteiger partial charge in [0, 0.05) is 6.04 Å². The van der Waals surface area contributed by atoms with Crippen molar-refractivity contribution < 1.29 is 24.6 Å². The van der Waals surface area contributed by atoms with Gasteiger partial charge in [-0.15, -0.1) is 0 Å². The maximum Gasteiger partial charge on any atom is 0.405 e. The van der Waals surface area contributed by atoms with E-state index in [0.29, 0.717) is 6.42 Å². The number of carboxylic acids is 1. The van der Waals surface area contributed by atoms with Crippen LogP contribution in [0.4, 0.5) is 4.79 Å². The summed E-state index contributed by atoms with van der Waals surface area (Å²) >= 11 is 0. The third-order valence-electron chi connectivity index (χ3n) is 3.86. The quantitative estimate of drug-likeness (QED) is 0.683. The fourth-order valence-electron chi connectivity index (χ4n) is 2.80. The molecule has 1 heterocycles. The minimum absolute atomic E-state index is 0.0227. The zero-order chi connectivity index (χ0) is 14.3. The molecule has 2 amide bonds. The topological polar surface area (TPSA) is 107 Å². The van der Waals surface area contributed by atoms with Gasteiger partial charge < -0.3 is 20.4 Å². The number of carbonyl (C=O) groups is 3. The molecule has 3 N–H and O–H groups in total. The van der Waals surface area contributed by atoms with E-state index in [1.165, 1.54) is 4.90 Å². The van der Waals surface area contributed by atoms with Gasteiger partial charge in [-0.05, 0) is 24.7 Å². The lowest BCUT2D eigenvalue weighted by atomic mass is 10.0. The summed E-state index contributed by atoms with van der Waals surface area (Å²) in [5, 5.41) is 20.1. The van der Waals surface area contributed by atoms with Crippen molar-refractivity contribution >= 4 is 18.0 Å². The Morgan fingerprint density at radius 1 is 1.21 bits per heavy atom. The number of hydrogen-bond donors (Lipinski definition) is 3. The molecule has 0 spiro atoms. The number of nitrogens with zero attached hydrogens (tertiary/aromatic N) is 1. The summed E-state index contributed by atoms with van der Waals surface area (Å²) in [6, 6.07) is -1.72. The van der Waals surface area contributed by atoms with E-state index in [2.05, 4.69) is 5.32 Å². The van der Waals surface area contributed by atoms with Crippen molar-refractivity contribution in [2.75, 3.05) is 0 Å². The maximum atomic E-state index is 12.4. The van der Waals surface area contributed by atoms with Gasteiger partial charge in [0.1, 0.15) is 12.1 Å². The van der Waals surface area contributed by atoms with Crippen molar-refractivity contribution in [1.82, 2.24) is 10.2 Å². The van der Waals surface area contributed by atoms with Gasteiger partial charge in [0.2, 0.25) is 5.91 Å². The maximum absolute atomic E-state index is 12.4. The molecule has 1 aliphatic carbocycles. The number of aliphatic carboxylic acids is 1. The highest BCUT2D eigenvalue weighted by Gasteiger charge is 2.57. The molecule has 0 aromatic carbocycles. The summed E-state index contributed by atoms with van der Waals surface area (Å²) in [6.07, 6.45) is 0.0299. The lowest BCUT2D eigenvalue weighted by molar-refractivity contribution is -0.150. The second kappa shape index (κ2) is 4.71. The molecule has 2 unspecified atom stereocenters. The van der Waals surface area contributed by atoms with Gasteiger partial charge in [0.15, 0.2) is 0 Å². The summed E-state index contributed by atoms with van der Waals surface area (Å²) in [5.41, 5.74) is 0. The normalized spacial score (nSPS) is 29.8. The van der Waals surface area contributed by atoms with Crippen LogP contribution in [0, 0.1) is 11.8 Å². The van der Waals surface area contributed by atoms with Crippen molar-refractivity contribution in [2.24, 2.45) is 11.8 Å². The molecular formula is C12H18N2O5. The number of rotatable bonds is 4. The van der Waals surface area contributed by atoms with E-state index in [0.717, 1.165) is 6.42 Å². The van der Waals surface area contributed by atoms with Crippen molar-refractivity contribution in [3.05, 3.63) is 0 Å². The highest BCUT2D eigenvalue weighted by molar-refractivity contribution is 5.90. The van der Waals surface area contributed by atoms with Crippen LogP contribution in [-0.4, -0.2) is 51.2 Å². The smallest absolute Gasteiger partial charge is 0.405 e. The van der Waals surface area contributed by atoms with Crippen LogP contribution in [0.2, 0.25) is 0 Å². The first-order valence-corrected chi connectivity index (χ1v) is 6.37. The van der Waals surface area contributed by atoms with Crippen LogP contribution in [0.1, 0.15) is 26.7 Å². The summed E-state index contributed by atoms with van der Waals surface area (Å²) in [5.74, 6) is -1.40. The number of nitrogens with one attached hydrogen (secondary N) is 1. The molecule has 1 saturated heterocycles.